The van der Waals surface area contributed by atoms with Crippen LogP contribution in [0.25, 0.3) is 0 Å². The number of hydrogen-bond acceptors (Lipinski definition) is 3. The van der Waals surface area contributed by atoms with Gasteiger partial charge >= 0.3 is 0 Å². The Bertz CT molecular complexity index is 260. The molecule has 1 unspecified atom stereocenters. The largest absolute Gasteiger partial charge is 0.298 e. The average Bonchev–Trinajstić information content (AvgIpc) is 2.05. The van der Waals surface area contributed by atoms with Crippen LogP contribution < -0.4 is 0 Å². The summed E-state index contributed by atoms with van der Waals surface area (Å²) in [7, 11) is 0. The Morgan fingerprint density at radius 1 is 1.54 bits per heavy atom. The number of Topliss-reactive ketones (excluding diaryl/α,β-unsaturated/α-hetero) is 1. The molecule has 0 N–H and O–H groups in total. The first-order valence-electron chi connectivity index (χ1n) is 4.36. The average molecular weight is 183 g/mol. The van der Waals surface area contributed by atoms with Crippen LogP contribution in [0.5, 0.6) is 0 Å². The summed E-state index contributed by atoms with van der Waals surface area (Å²) in [5.41, 5.74) is 0. The van der Waals surface area contributed by atoms with E-state index in [1.165, 1.54) is 6.92 Å². The first-order valence-corrected chi connectivity index (χ1v) is 4.36. The van der Waals surface area contributed by atoms with E-state index in [4.69, 9.17) is 0 Å². The number of carbonyl (C=O) groups excluding carboxylic acids is 3. The number of piperidine rings is 1. The number of rotatable bonds is 2. The molecule has 4 nitrogen and oxygen atoms in total. The Kier molecular flexibility index (Phi) is 2.80. The van der Waals surface area contributed by atoms with Crippen molar-refractivity contribution in [3.8, 4) is 0 Å². The zero-order valence-corrected chi connectivity index (χ0v) is 7.87. The number of hydrogen-bond donors (Lipinski definition) is 0. The van der Waals surface area contributed by atoms with Crippen molar-refractivity contribution in [1.82, 2.24) is 4.90 Å². The van der Waals surface area contributed by atoms with E-state index in [2.05, 4.69) is 0 Å². The number of amides is 2. The van der Waals surface area contributed by atoms with Gasteiger partial charge in [0.1, 0.15) is 5.78 Å². The topological polar surface area (TPSA) is 54.5 Å². The highest BCUT2D eigenvalue weighted by molar-refractivity contribution is 6.01. The summed E-state index contributed by atoms with van der Waals surface area (Å²) in [6.45, 7) is 3.09. The van der Waals surface area contributed by atoms with Gasteiger partial charge in [-0.2, -0.15) is 0 Å². The third kappa shape index (κ3) is 2.14. The van der Waals surface area contributed by atoms with E-state index in [0.717, 1.165) is 4.90 Å². The fourth-order valence-electron chi connectivity index (χ4n) is 1.38. The molecular weight excluding hydrogens is 170 g/mol. The maximum atomic E-state index is 11.4. The number of imide groups is 1. The summed E-state index contributed by atoms with van der Waals surface area (Å²) in [5.74, 6) is -0.724. The van der Waals surface area contributed by atoms with E-state index in [-0.39, 0.29) is 30.1 Å². The molecule has 0 aromatic heterocycles. The van der Waals surface area contributed by atoms with Gasteiger partial charge in [-0.15, -0.1) is 0 Å². The third-order valence-electron chi connectivity index (χ3n) is 2.16. The highest BCUT2D eigenvalue weighted by Crippen LogP contribution is 2.17. The first kappa shape index (κ1) is 9.89. The van der Waals surface area contributed by atoms with Gasteiger partial charge in [-0.3, -0.25) is 19.3 Å². The van der Waals surface area contributed by atoms with Crippen LogP contribution in [0.2, 0.25) is 0 Å². The fourth-order valence-corrected chi connectivity index (χ4v) is 1.38. The Labute approximate surface area is 76.9 Å². The number of likely N-dealkylation sites (tertiary alicyclic amines) is 1. The van der Waals surface area contributed by atoms with Crippen molar-refractivity contribution in [2.45, 2.75) is 26.7 Å². The molecule has 4 heteroatoms. The Morgan fingerprint density at radius 2 is 2.15 bits per heavy atom. The molecule has 1 fully saturated rings. The van der Waals surface area contributed by atoms with Crippen LogP contribution in [0.4, 0.5) is 0 Å². The molecule has 0 aromatic rings. The van der Waals surface area contributed by atoms with E-state index in [1.807, 2.05) is 0 Å². The zero-order valence-electron chi connectivity index (χ0n) is 7.87. The van der Waals surface area contributed by atoms with Crippen molar-refractivity contribution in [2.75, 3.05) is 6.54 Å². The molecule has 72 valence electrons. The van der Waals surface area contributed by atoms with E-state index in [1.54, 1.807) is 6.92 Å². The third-order valence-corrected chi connectivity index (χ3v) is 2.16. The second-order valence-corrected chi connectivity index (χ2v) is 3.46. The summed E-state index contributed by atoms with van der Waals surface area (Å²) >= 11 is 0. The maximum absolute atomic E-state index is 11.4. The van der Waals surface area contributed by atoms with E-state index < -0.39 is 0 Å². The van der Waals surface area contributed by atoms with Crippen LogP contribution in [-0.4, -0.2) is 29.0 Å². The molecule has 0 radical (unpaired) electrons. The molecule has 0 bridgehead atoms. The summed E-state index contributed by atoms with van der Waals surface area (Å²) in [6, 6.07) is 0. The monoisotopic (exact) mass is 183 g/mol. The predicted octanol–water partition coefficient (Wildman–Crippen LogP) is 0.360. The fraction of sp³-hybridized carbons (Fsp3) is 0.667. The van der Waals surface area contributed by atoms with Crippen molar-refractivity contribution in [3.05, 3.63) is 0 Å². The molecule has 1 saturated heterocycles. The van der Waals surface area contributed by atoms with Gasteiger partial charge in [0.05, 0.1) is 6.54 Å². The predicted molar refractivity (Wildman–Crippen MR) is 45.8 cm³/mol. The van der Waals surface area contributed by atoms with E-state index in [9.17, 15) is 14.4 Å². The van der Waals surface area contributed by atoms with Crippen LogP contribution in [0.15, 0.2) is 0 Å². The molecule has 0 aliphatic carbocycles. The minimum atomic E-state index is -0.224. The van der Waals surface area contributed by atoms with Crippen molar-refractivity contribution in [1.29, 1.82) is 0 Å². The molecule has 1 aliphatic rings. The van der Waals surface area contributed by atoms with Gasteiger partial charge in [-0.05, 0) is 13.3 Å². The van der Waals surface area contributed by atoms with Crippen LogP contribution in [-0.2, 0) is 14.4 Å². The summed E-state index contributed by atoms with van der Waals surface area (Å²) in [4.78, 5) is 34.5. The molecular formula is C9H13NO3. The lowest BCUT2D eigenvalue weighted by Crippen LogP contribution is -2.46. The van der Waals surface area contributed by atoms with Crippen LogP contribution in [0.1, 0.15) is 26.7 Å². The van der Waals surface area contributed by atoms with Crippen LogP contribution >= 0.6 is 0 Å². The maximum Gasteiger partial charge on any atom is 0.232 e. The van der Waals surface area contributed by atoms with Gasteiger partial charge in [-0.25, -0.2) is 0 Å². The van der Waals surface area contributed by atoms with Crippen molar-refractivity contribution in [3.63, 3.8) is 0 Å². The molecule has 0 saturated carbocycles. The van der Waals surface area contributed by atoms with E-state index >= 15 is 0 Å². The van der Waals surface area contributed by atoms with Crippen molar-refractivity contribution >= 4 is 17.6 Å². The minimum Gasteiger partial charge on any atom is -0.298 e. The van der Waals surface area contributed by atoms with Gasteiger partial charge in [0.25, 0.3) is 0 Å². The van der Waals surface area contributed by atoms with Gasteiger partial charge in [-0.1, -0.05) is 6.92 Å². The van der Waals surface area contributed by atoms with Gasteiger partial charge in [0.15, 0.2) is 0 Å². The van der Waals surface area contributed by atoms with Crippen LogP contribution in [0, 0.1) is 5.92 Å². The summed E-state index contributed by atoms with van der Waals surface area (Å²) in [5, 5.41) is 0. The smallest absolute Gasteiger partial charge is 0.232 e. The molecule has 1 rings (SSSR count). The molecule has 0 aromatic carbocycles. The summed E-state index contributed by atoms with van der Waals surface area (Å²) in [6.07, 6.45) is 0.978. The molecule has 2 amide bonds. The van der Waals surface area contributed by atoms with Crippen molar-refractivity contribution in [2.24, 2.45) is 5.92 Å². The standard InChI is InChI=1S/C9H13NO3/c1-6-3-4-8(12)10(9(6)13)5-7(2)11/h6H,3-5H2,1-2H3. The molecule has 13 heavy (non-hydrogen) atoms. The summed E-state index contributed by atoms with van der Waals surface area (Å²) < 4.78 is 0. The lowest BCUT2D eigenvalue weighted by atomic mass is 9.98. The Hall–Kier alpha value is -1.19. The lowest BCUT2D eigenvalue weighted by Gasteiger charge is -2.27. The highest BCUT2D eigenvalue weighted by atomic mass is 16.2. The second kappa shape index (κ2) is 3.68. The molecule has 1 heterocycles. The van der Waals surface area contributed by atoms with Crippen molar-refractivity contribution < 1.29 is 14.4 Å². The highest BCUT2D eigenvalue weighted by Gasteiger charge is 2.31. The number of nitrogens with zero attached hydrogens (tertiary/aromatic N) is 1. The molecule has 1 atom stereocenters. The van der Waals surface area contributed by atoms with Crippen LogP contribution in [0.3, 0.4) is 0 Å². The minimum absolute atomic E-state index is 0.0675. The number of carbonyl (C=O) groups is 3. The normalized spacial score (nSPS) is 23.5. The zero-order chi connectivity index (χ0) is 10.0. The van der Waals surface area contributed by atoms with Gasteiger partial charge in [0.2, 0.25) is 11.8 Å². The van der Waals surface area contributed by atoms with Gasteiger partial charge in [0, 0.05) is 12.3 Å². The SMILES string of the molecule is CC(=O)CN1C(=O)CCC(C)C1=O. The second-order valence-electron chi connectivity index (χ2n) is 3.46. The lowest BCUT2D eigenvalue weighted by molar-refractivity contribution is -0.153. The first-order chi connectivity index (χ1) is 6.02. The van der Waals surface area contributed by atoms with Gasteiger partial charge < -0.3 is 0 Å². The van der Waals surface area contributed by atoms with E-state index in [0.29, 0.717) is 12.8 Å². The Morgan fingerprint density at radius 3 is 2.69 bits per heavy atom. The quantitative estimate of drug-likeness (QED) is 0.581. The molecule has 0 spiro atoms. The molecule has 1 aliphatic heterocycles. The number of ketones is 1. The Balaban J connectivity index is 2.72.